The average molecular weight is 313 g/mol. The minimum atomic E-state index is -3.45. The smallest absolute Gasteiger partial charge is 0.303 e. The zero-order chi connectivity index (χ0) is 15.9. The molecule has 1 aromatic rings. The minimum absolute atomic E-state index is 0.124. The Bertz CT molecular complexity index is 552. The lowest BCUT2D eigenvalue weighted by Crippen LogP contribution is -2.44. The summed E-state index contributed by atoms with van der Waals surface area (Å²) in [4.78, 5) is 10.4. The van der Waals surface area contributed by atoms with E-state index in [0.717, 1.165) is 12.0 Å². The number of carbonyl (C=O) groups is 1. The van der Waals surface area contributed by atoms with Gasteiger partial charge in [-0.2, -0.15) is 0 Å². The first-order chi connectivity index (χ1) is 9.70. The van der Waals surface area contributed by atoms with Crippen LogP contribution in [-0.2, 0) is 21.2 Å². The first-order valence-electron chi connectivity index (χ1n) is 6.98. The van der Waals surface area contributed by atoms with Crippen LogP contribution in [0, 0.1) is 0 Å². The van der Waals surface area contributed by atoms with Crippen molar-refractivity contribution in [3.8, 4) is 0 Å². The SMILES string of the molecule is CC(C)(CCc1ccccc1)NS(=O)(=O)CCCC(=O)O. The second-order valence-corrected chi connectivity index (χ2v) is 7.63. The Labute approximate surface area is 126 Å². The van der Waals surface area contributed by atoms with Crippen molar-refractivity contribution in [2.45, 2.75) is 45.1 Å². The summed E-state index contributed by atoms with van der Waals surface area (Å²) < 4.78 is 26.5. The third-order valence-electron chi connectivity index (χ3n) is 3.12. The molecule has 0 saturated heterocycles. The molecule has 0 unspecified atom stereocenters. The molecule has 2 N–H and O–H groups in total. The molecule has 0 amide bonds. The number of hydrogen-bond acceptors (Lipinski definition) is 3. The van der Waals surface area contributed by atoms with E-state index in [1.165, 1.54) is 0 Å². The number of carboxylic acid groups (broad SMARTS) is 1. The number of sulfonamides is 1. The molecule has 118 valence electrons. The molecule has 0 atom stereocenters. The summed E-state index contributed by atoms with van der Waals surface area (Å²) in [5, 5.41) is 8.54. The van der Waals surface area contributed by atoms with E-state index < -0.39 is 21.5 Å². The van der Waals surface area contributed by atoms with Crippen LogP contribution >= 0.6 is 0 Å². The molecule has 5 nitrogen and oxygen atoms in total. The van der Waals surface area contributed by atoms with Gasteiger partial charge in [-0.3, -0.25) is 4.79 Å². The van der Waals surface area contributed by atoms with Crippen LogP contribution in [0.1, 0.15) is 38.7 Å². The van der Waals surface area contributed by atoms with Gasteiger partial charge in [0.1, 0.15) is 0 Å². The van der Waals surface area contributed by atoms with Crippen molar-refractivity contribution < 1.29 is 18.3 Å². The summed E-state index contributed by atoms with van der Waals surface area (Å²) in [7, 11) is -3.45. The quantitative estimate of drug-likeness (QED) is 0.732. The highest BCUT2D eigenvalue weighted by atomic mass is 32.2. The average Bonchev–Trinajstić information content (AvgIpc) is 2.36. The zero-order valence-corrected chi connectivity index (χ0v) is 13.3. The van der Waals surface area contributed by atoms with E-state index in [1.807, 2.05) is 44.2 Å². The normalized spacial score (nSPS) is 12.3. The maximum atomic E-state index is 11.9. The maximum absolute atomic E-state index is 11.9. The van der Waals surface area contributed by atoms with Gasteiger partial charge >= 0.3 is 5.97 Å². The second kappa shape index (κ2) is 7.56. The third-order valence-corrected chi connectivity index (χ3v) is 4.81. The number of carboxylic acids is 1. The van der Waals surface area contributed by atoms with Crippen molar-refractivity contribution in [1.82, 2.24) is 4.72 Å². The Kier molecular flexibility index (Phi) is 6.36. The van der Waals surface area contributed by atoms with Crippen molar-refractivity contribution in [2.75, 3.05) is 5.75 Å². The Morgan fingerprint density at radius 1 is 1.24 bits per heavy atom. The number of aliphatic carboxylic acids is 1. The molecule has 21 heavy (non-hydrogen) atoms. The van der Waals surface area contributed by atoms with Crippen molar-refractivity contribution in [3.63, 3.8) is 0 Å². The van der Waals surface area contributed by atoms with Crippen LogP contribution in [0.4, 0.5) is 0 Å². The van der Waals surface area contributed by atoms with Crippen LogP contribution in [0.2, 0.25) is 0 Å². The first-order valence-corrected chi connectivity index (χ1v) is 8.63. The van der Waals surface area contributed by atoms with Gasteiger partial charge in [0.05, 0.1) is 5.75 Å². The molecule has 0 aliphatic carbocycles. The van der Waals surface area contributed by atoms with Crippen LogP contribution in [0.3, 0.4) is 0 Å². The Morgan fingerprint density at radius 3 is 2.43 bits per heavy atom. The van der Waals surface area contributed by atoms with Gasteiger partial charge in [-0.15, -0.1) is 0 Å². The van der Waals surface area contributed by atoms with E-state index in [4.69, 9.17) is 5.11 Å². The van der Waals surface area contributed by atoms with E-state index in [2.05, 4.69) is 4.72 Å². The number of nitrogens with one attached hydrogen (secondary N) is 1. The van der Waals surface area contributed by atoms with E-state index in [-0.39, 0.29) is 18.6 Å². The molecule has 0 spiro atoms. The standard InChI is InChI=1S/C15H23NO4S/c1-15(2,11-10-13-7-4-3-5-8-13)16-21(19,20)12-6-9-14(17)18/h3-5,7-8,16H,6,9-12H2,1-2H3,(H,17,18). The fourth-order valence-electron chi connectivity index (χ4n) is 2.04. The third kappa shape index (κ3) is 7.82. The molecule has 0 aromatic heterocycles. The van der Waals surface area contributed by atoms with Gasteiger partial charge in [0.15, 0.2) is 0 Å². The van der Waals surface area contributed by atoms with Gasteiger partial charge < -0.3 is 5.11 Å². The van der Waals surface area contributed by atoms with Gasteiger partial charge in [0, 0.05) is 12.0 Å². The second-order valence-electron chi connectivity index (χ2n) is 5.79. The minimum Gasteiger partial charge on any atom is -0.481 e. The fraction of sp³-hybridized carbons (Fsp3) is 0.533. The maximum Gasteiger partial charge on any atom is 0.303 e. The molecule has 0 aliphatic rings. The number of hydrogen-bond donors (Lipinski definition) is 2. The lowest BCUT2D eigenvalue weighted by molar-refractivity contribution is -0.137. The summed E-state index contributed by atoms with van der Waals surface area (Å²) >= 11 is 0. The lowest BCUT2D eigenvalue weighted by Gasteiger charge is -2.26. The van der Waals surface area contributed by atoms with E-state index >= 15 is 0 Å². The molecule has 1 rings (SSSR count). The van der Waals surface area contributed by atoms with Gasteiger partial charge in [-0.1, -0.05) is 30.3 Å². The highest BCUT2D eigenvalue weighted by molar-refractivity contribution is 7.89. The molecule has 0 radical (unpaired) electrons. The van der Waals surface area contributed by atoms with Crippen LogP contribution in [0.5, 0.6) is 0 Å². The van der Waals surface area contributed by atoms with Crippen LogP contribution < -0.4 is 4.72 Å². The summed E-state index contributed by atoms with van der Waals surface area (Å²) in [5.41, 5.74) is 0.605. The van der Waals surface area contributed by atoms with Gasteiger partial charge in [-0.05, 0) is 38.7 Å². The zero-order valence-electron chi connectivity index (χ0n) is 12.5. The highest BCUT2D eigenvalue weighted by Gasteiger charge is 2.24. The molecule has 0 saturated carbocycles. The predicted molar refractivity (Wildman–Crippen MR) is 82.6 cm³/mol. The summed E-state index contributed by atoms with van der Waals surface area (Å²) in [5.74, 6) is -1.14. The highest BCUT2D eigenvalue weighted by Crippen LogP contribution is 2.15. The largest absolute Gasteiger partial charge is 0.481 e. The number of aryl methyl sites for hydroxylation is 1. The molecular weight excluding hydrogens is 290 g/mol. The van der Waals surface area contributed by atoms with E-state index in [0.29, 0.717) is 6.42 Å². The van der Waals surface area contributed by atoms with Crippen LogP contribution in [0.25, 0.3) is 0 Å². The van der Waals surface area contributed by atoms with Crippen LogP contribution in [0.15, 0.2) is 30.3 Å². The van der Waals surface area contributed by atoms with E-state index in [1.54, 1.807) is 0 Å². The van der Waals surface area contributed by atoms with Crippen molar-refractivity contribution in [2.24, 2.45) is 0 Å². The van der Waals surface area contributed by atoms with Gasteiger partial charge in [0.2, 0.25) is 10.0 Å². The molecule has 1 aromatic carbocycles. The monoisotopic (exact) mass is 313 g/mol. The van der Waals surface area contributed by atoms with Gasteiger partial charge in [0.25, 0.3) is 0 Å². The fourth-order valence-corrected chi connectivity index (χ4v) is 3.61. The van der Waals surface area contributed by atoms with Crippen molar-refractivity contribution in [3.05, 3.63) is 35.9 Å². The van der Waals surface area contributed by atoms with Gasteiger partial charge in [-0.25, -0.2) is 13.1 Å². The first kappa shape index (κ1) is 17.7. The predicted octanol–water partition coefficient (Wildman–Crippen LogP) is 2.18. The Morgan fingerprint density at radius 2 is 1.86 bits per heavy atom. The van der Waals surface area contributed by atoms with Crippen molar-refractivity contribution >= 4 is 16.0 Å². The molecule has 6 heteroatoms. The van der Waals surface area contributed by atoms with Crippen LogP contribution in [-0.4, -0.2) is 30.8 Å². The summed E-state index contributed by atoms with van der Waals surface area (Å²) in [6.45, 7) is 3.68. The molecular formula is C15H23NO4S. The summed E-state index contributed by atoms with van der Waals surface area (Å²) in [6, 6.07) is 9.88. The number of rotatable bonds is 9. The molecule has 0 aliphatic heterocycles. The van der Waals surface area contributed by atoms with E-state index in [9.17, 15) is 13.2 Å². The Hall–Kier alpha value is -1.40. The summed E-state index contributed by atoms with van der Waals surface area (Å²) in [6.07, 6.45) is 1.45. The Balaban J connectivity index is 2.48. The molecule has 0 bridgehead atoms. The molecule has 0 fully saturated rings. The lowest BCUT2D eigenvalue weighted by atomic mass is 9.97. The topological polar surface area (TPSA) is 83.5 Å². The number of benzene rings is 1. The molecule has 0 heterocycles. The van der Waals surface area contributed by atoms with Crippen molar-refractivity contribution in [1.29, 1.82) is 0 Å².